The van der Waals surface area contributed by atoms with Crippen molar-refractivity contribution in [2.45, 2.75) is 32.6 Å². The molecule has 4 rings (SSSR count). The van der Waals surface area contributed by atoms with Crippen molar-refractivity contribution in [2.24, 2.45) is 5.92 Å². The zero-order chi connectivity index (χ0) is 22.5. The van der Waals surface area contributed by atoms with Gasteiger partial charge in [-0.15, -0.1) is 0 Å². The summed E-state index contributed by atoms with van der Waals surface area (Å²) >= 11 is 0. The molecule has 0 unspecified atom stereocenters. The Kier molecular flexibility index (Phi) is 6.68. The second-order valence-corrected chi connectivity index (χ2v) is 8.43. The lowest BCUT2D eigenvalue weighted by molar-refractivity contribution is -0.136. The number of anilines is 3. The van der Waals surface area contributed by atoms with E-state index in [1.807, 2.05) is 31.2 Å². The van der Waals surface area contributed by atoms with Gasteiger partial charge in [0.05, 0.1) is 0 Å². The van der Waals surface area contributed by atoms with Crippen LogP contribution < -0.4 is 20.4 Å². The molecule has 8 heteroatoms. The van der Waals surface area contributed by atoms with Crippen LogP contribution in [0.4, 0.5) is 17.2 Å². The molecule has 0 radical (unpaired) electrons. The standard InChI is InChI=1S/C24H29N5O3/c1-17-7-8-19(15-20(17)29-12-4-6-22(29)30)27-24(32)23(31)26-16-18-9-13-28(14-10-18)21-5-2-3-11-25-21/h2-3,5,7-8,11,15,18H,4,6,9-10,12-14,16H2,1H3,(H,26,31)(H,27,32). The van der Waals surface area contributed by atoms with Gasteiger partial charge in [-0.3, -0.25) is 14.4 Å². The molecule has 2 aliphatic heterocycles. The van der Waals surface area contributed by atoms with Gasteiger partial charge in [0.25, 0.3) is 0 Å². The van der Waals surface area contributed by atoms with Crippen LogP contribution in [0.5, 0.6) is 0 Å². The number of benzene rings is 1. The molecule has 2 aromatic rings. The van der Waals surface area contributed by atoms with Crippen LogP contribution in [0.2, 0.25) is 0 Å². The fourth-order valence-electron chi connectivity index (χ4n) is 4.29. The molecule has 2 aliphatic rings. The predicted molar refractivity (Wildman–Crippen MR) is 124 cm³/mol. The Morgan fingerprint density at radius 1 is 1.09 bits per heavy atom. The summed E-state index contributed by atoms with van der Waals surface area (Å²) in [6.07, 6.45) is 5.03. The average Bonchev–Trinajstić information content (AvgIpc) is 3.25. The van der Waals surface area contributed by atoms with E-state index in [-0.39, 0.29) is 5.91 Å². The number of hydrogen-bond acceptors (Lipinski definition) is 5. The molecule has 0 bridgehead atoms. The lowest BCUT2D eigenvalue weighted by atomic mass is 9.97. The van der Waals surface area contributed by atoms with Crippen LogP contribution in [0.15, 0.2) is 42.6 Å². The quantitative estimate of drug-likeness (QED) is 0.704. The lowest BCUT2D eigenvalue weighted by Crippen LogP contribution is -2.42. The highest BCUT2D eigenvalue weighted by atomic mass is 16.2. The molecule has 0 saturated carbocycles. The van der Waals surface area contributed by atoms with E-state index in [2.05, 4.69) is 20.5 Å². The van der Waals surface area contributed by atoms with Gasteiger partial charge in [-0.25, -0.2) is 4.98 Å². The molecule has 2 saturated heterocycles. The minimum Gasteiger partial charge on any atom is -0.357 e. The summed E-state index contributed by atoms with van der Waals surface area (Å²) in [7, 11) is 0. The summed E-state index contributed by atoms with van der Waals surface area (Å²) in [5.41, 5.74) is 2.25. The Balaban J connectivity index is 1.26. The molecule has 0 aliphatic carbocycles. The topological polar surface area (TPSA) is 94.6 Å². The number of carbonyl (C=O) groups excluding carboxylic acids is 3. The van der Waals surface area contributed by atoms with Crippen molar-refractivity contribution in [3.05, 3.63) is 48.2 Å². The van der Waals surface area contributed by atoms with E-state index in [1.54, 1.807) is 23.2 Å². The van der Waals surface area contributed by atoms with Gasteiger partial charge >= 0.3 is 11.8 Å². The number of pyridine rings is 1. The van der Waals surface area contributed by atoms with Crippen molar-refractivity contribution in [1.82, 2.24) is 10.3 Å². The van der Waals surface area contributed by atoms with E-state index in [1.165, 1.54) is 0 Å². The van der Waals surface area contributed by atoms with Crippen molar-refractivity contribution < 1.29 is 14.4 Å². The highest BCUT2D eigenvalue weighted by Gasteiger charge is 2.24. The number of carbonyl (C=O) groups is 3. The van der Waals surface area contributed by atoms with E-state index in [0.717, 1.165) is 49.4 Å². The van der Waals surface area contributed by atoms with E-state index in [9.17, 15) is 14.4 Å². The number of nitrogens with zero attached hydrogens (tertiary/aromatic N) is 3. The van der Waals surface area contributed by atoms with Crippen LogP contribution in [0.3, 0.4) is 0 Å². The number of rotatable bonds is 5. The zero-order valence-corrected chi connectivity index (χ0v) is 18.3. The number of aryl methyl sites for hydroxylation is 1. The van der Waals surface area contributed by atoms with E-state index in [0.29, 0.717) is 31.1 Å². The van der Waals surface area contributed by atoms with Gasteiger partial charge in [0.15, 0.2) is 0 Å². The first-order chi connectivity index (χ1) is 15.5. The lowest BCUT2D eigenvalue weighted by Gasteiger charge is -2.32. The third-order valence-electron chi connectivity index (χ3n) is 6.18. The Bertz CT molecular complexity index is 986. The maximum atomic E-state index is 12.4. The van der Waals surface area contributed by atoms with Crippen molar-refractivity contribution >= 4 is 34.9 Å². The highest BCUT2D eigenvalue weighted by molar-refractivity contribution is 6.39. The number of amides is 3. The third-order valence-corrected chi connectivity index (χ3v) is 6.18. The van der Waals surface area contributed by atoms with E-state index >= 15 is 0 Å². The third kappa shape index (κ3) is 5.07. The van der Waals surface area contributed by atoms with Gasteiger partial charge in [-0.05, 0) is 61.9 Å². The van der Waals surface area contributed by atoms with Crippen LogP contribution in [0.25, 0.3) is 0 Å². The predicted octanol–water partition coefficient (Wildman–Crippen LogP) is 2.49. The van der Waals surface area contributed by atoms with Crippen LogP contribution in [0, 0.1) is 12.8 Å². The molecule has 0 spiro atoms. The van der Waals surface area contributed by atoms with Gasteiger partial charge in [0, 0.05) is 50.2 Å². The maximum Gasteiger partial charge on any atom is 0.313 e. The molecule has 2 fully saturated rings. The van der Waals surface area contributed by atoms with Crippen LogP contribution in [-0.4, -0.2) is 48.9 Å². The molecule has 1 aromatic carbocycles. The highest BCUT2D eigenvalue weighted by Crippen LogP contribution is 2.28. The number of piperidine rings is 1. The molecule has 3 amide bonds. The second kappa shape index (κ2) is 9.80. The summed E-state index contributed by atoms with van der Waals surface area (Å²) in [5.74, 6) is 0.0553. The van der Waals surface area contributed by atoms with Crippen molar-refractivity contribution in [3.8, 4) is 0 Å². The van der Waals surface area contributed by atoms with E-state index in [4.69, 9.17) is 0 Å². The molecule has 0 atom stereocenters. The van der Waals surface area contributed by atoms with Gasteiger partial charge in [-0.1, -0.05) is 12.1 Å². The van der Waals surface area contributed by atoms with Gasteiger partial charge in [-0.2, -0.15) is 0 Å². The Morgan fingerprint density at radius 2 is 1.91 bits per heavy atom. The molecule has 1 aromatic heterocycles. The fourth-order valence-corrected chi connectivity index (χ4v) is 4.29. The molecular weight excluding hydrogens is 406 g/mol. The van der Waals surface area contributed by atoms with Crippen molar-refractivity contribution in [2.75, 3.05) is 41.3 Å². The molecule has 32 heavy (non-hydrogen) atoms. The fraction of sp³-hybridized carbons (Fsp3) is 0.417. The number of aromatic nitrogens is 1. The first-order valence-electron chi connectivity index (χ1n) is 11.2. The second-order valence-electron chi connectivity index (χ2n) is 8.43. The number of hydrogen-bond donors (Lipinski definition) is 2. The molecular formula is C24H29N5O3. The normalized spacial score (nSPS) is 16.8. The van der Waals surface area contributed by atoms with Gasteiger partial charge in [0.2, 0.25) is 5.91 Å². The first kappa shape index (κ1) is 21.8. The molecule has 3 heterocycles. The summed E-state index contributed by atoms with van der Waals surface area (Å²) in [4.78, 5) is 45.2. The summed E-state index contributed by atoms with van der Waals surface area (Å²) in [5, 5.41) is 5.42. The average molecular weight is 436 g/mol. The van der Waals surface area contributed by atoms with Crippen molar-refractivity contribution in [3.63, 3.8) is 0 Å². The Labute approximate surface area is 188 Å². The summed E-state index contributed by atoms with van der Waals surface area (Å²) < 4.78 is 0. The SMILES string of the molecule is Cc1ccc(NC(=O)C(=O)NCC2CCN(c3ccccn3)CC2)cc1N1CCCC1=O. The van der Waals surface area contributed by atoms with E-state index < -0.39 is 11.8 Å². The minimum absolute atomic E-state index is 0.0865. The molecule has 2 N–H and O–H groups in total. The summed E-state index contributed by atoms with van der Waals surface area (Å²) in [6, 6.07) is 11.2. The first-order valence-corrected chi connectivity index (χ1v) is 11.2. The van der Waals surface area contributed by atoms with Crippen LogP contribution >= 0.6 is 0 Å². The smallest absolute Gasteiger partial charge is 0.313 e. The van der Waals surface area contributed by atoms with Gasteiger partial charge in [0.1, 0.15) is 5.82 Å². The van der Waals surface area contributed by atoms with Crippen LogP contribution in [-0.2, 0) is 14.4 Å². The monoisotopic (exact) mass is 435 g/mol. The van der Waals surface area contributed by atoms with Gasteiger partial charge < -0.3 is 20.4 Å². The molecule has 8 nitrogen and oxygen atoms in total. The largest absolute Gasteiger partial charge is 0.357 e. The maximum absolute atomic E-state index is 12.4. The minimum atomic E-state index is -0.696. The Morgan fingerprint density at radius 3 is 2.59 bits per heavy atom. The zero-order valence-electron chi connectivity index (χ0n) is 18.3. The molecule has 168 valence electrons. The van der Waals surface area contributed by atoms with Crippen LogP contribution in [0.1, 0.15) is 31.2 Å². The summed E-state index contributed by atoms with van der Waals surface area (Å²) in [6.45, 7) is 4.84. The Hall–Kier alpha value is -3.42. The van der Waals surface area contributed by atoms with Crippen molar-refractivity contribution in [1.29, 1.82) is 0 Å². The number of nitrogens with one attached hydrogen (secondary N) is 2.